The SMILES string of the molecule is c1ccc(C2(c3ccccc3)c3ccccc3-c3ccc(-c4ccccc4-c4ccc(-c5cc(-c6ccccn6)nc6ccccc56)cc4)cc32)cc1. The van der Waals surface area contributed by atoms with Crippen molar-refractivity contribution in [2.45, 2.75) is 5.41 Å². The van der Waals surface area contributed by atoms with Crippen LogP contribution in [0.1, 0.15) is 22.3 Å². The van der Waals surface area contributed by atoms with Crippen molar-refractivity contribution in [2.24, 2.45) is 0 Å². The number of para-hydroxylation sites is 1. The molecule has 0 spiro atoms. The van der Waals surface area contributed by atoms with Gasteiger partial charge in [0.2, 0.25) is 0 Å². The van der Waals surface area contributed by atoms with E-state index in [0.717, 1.165) is 33.4 Å². The fourth-order valence-corrected chi connectivity index (χ4v) is 8.49. The van der Waals surface area contributed by atoms with Gasteiger partial charge in [-0.15, -0.1) is 0 Å². The van der Waals surface area contributed by atoms with Gasteiger partial charge in [0, 0.05) is 11.6 Å². The number of pyridine rings is 2. The molecule has 248 valence electrons. The van der Waals surface area contributed by atoms with Crippen LogP contribution in [0.2, 0.25) is 0 Å². The summed E-state index contributed by atoms with van der Waals surface area (Å²) < 4.78 is 0. The third-order valence-electron chi connectivity index (χ3n) is 10.8. The highest BCUT2D eigenvalue weighted by molar-refractivity contribution is 5.97. The van der Waals surface area contributed by atoms with Crippen LogP contribution in [0, 0.1) is 0 Å². The Morgan fingerprint density at radius 2 is 0.887 bits per heavy atom. The van der Waals surface area contributed by atoms with Crippen LogP contribution in [0.5, 0.6) is 0 Å². The van der Waals surface area contributed by atoms with Gasteiger partial charge in [0.1, 0.15) is 0 Å². The summed E-state index contributed by atoms with van der Waals surface area (Å²) in [5.41, 5.74) is 17.1. The molecule has 0 amide bonds. The van der Waals surface area contributed by atoms with E-state index in [1.165, 1.54) is 55.6 Å². The quantitative estimate of drug-likeness (QED) is 0.175. The van der Waals surface area contributed by atoms with Crippen LogP contribution in [0.3, 0.4) is 0 Å². The van der Waals surface area contributed by atoms with Crippen molar-refractivity contribution < 1.29 is 0 Å². The molecule has 1 aliphatic rings. The van der Waals surface area contributed by atoms with Gasteiger partial charge < -0.3 is 0 Å². The van der Waals surface area contributed by atoms with E-state index in [4.69, 9.17) is 4.98 Å². The maximum Gasteiger partial charge on any atom is 0.0900 e. The third-order valence-corrected chi connectivity index (χ3v) is 10.8. The Balaban J connectivity index is 1.11. The molecule has 2 nitrogen and oxygen atoms in total. The molecule has 9 aromatic rings. The average molecular weight is 675 g/mol. The Morgan fingerprint density at radius 1 is 0.340 bits per heavy atom. The first-order valence-corrected chi connectivity index (χ1v) is 18.2. The molecule has 0 N–H and O–H groups in total. The second kappa shape index (κ2) is 12.7. The monoisotopic (exact) mass is 674 g/mol. The molecular formula is C51H34N2. The molecule has 0 bridgehead atoms. The zero-order chi connectivity index (χ0) is 35.2. The first-order valence-electron chi connectivity index (χ1n) is 18.2. The van der Waals surface area contributed by atoms with E-state index in [0.29, 0.717) is 0 Å². The first kappa shape index (κ1) is 30.9. The second-order valence-electron chi connectivity index (χ2n) is 13.7. The molecule has 53 heavy (non-hydrogen) atoms. The van der Waals surface area contributed by atoms with Crippen LogP contribution in [0.15, 0.2) is 206 Å². The molecule has 7 aromatic carbocycles. The van der Waals surface area contributed by atoms with Crippen LogP contribution in [-0.4, -0.2) is 9.97 Å². The number of nitrogens with zero attached hydrogens (tertiary/aromatic N) is 2. The van der Waals surface area contributed by atoms with E-state index in [9.17, 15) is 0 Å². The smallest absolute Gasteiger partial charge is 0.0900 e. The van der Waals surface area contributed by atoms with Crippen molar-refractivity contribution in [3.63, 3.8) is 0 Å². The van der Waals surface area contributed by atoms with Crippen molar-refractivity contribution in [1.29, 1.82) is 0 Å². The molecule has 0 fully saturated rings. The highest BCUT2D eigenvalue weighted by Crippen LogP contribution is 2.56. The van der Waals surface area contributed by atoms with E-state index < -0.39 is 5.41 Å². The number of fused-ring (bicyclic) bond motifs is 4. The van der Waals surface area contributed by atoms with Gasteiger partial charge in [0.05, 0.1) is 22.3 Å². The number of hydrogen-bond acceptors (Lipinski definition) is 2. The molecule has 0 radical (unpaired) electrons. The maximum atomic E-state index is 4.97. The fraction of sp³-hybridized carbons (Fsp3) is 0.0196. The van der Waals surface area contributed by atoms with Gasteiger partial charge in [0.25, 0.3) is 0 Å². The zero-order valence-corrected chi connectivity index (χ0v) is 29.0. The maximum absolute atomic E-state index is 4.97. The topological polar surface area (TPSA) is 25.8 Å². The van der Waals surface area contributed by atoms with Crippen molar-refractivity contribution in [3.8, 4) is 55.9 Å². The summed E-state index contributed by atoms with van der Waals surface area (Å²) in [6.07, 6.45) is 1.82. The molecule has 0 aliphatic heterocycles. The lowest BCUT2D eigenvalue weighted by Gasteiger charge is -2.34. The number of rotatable bonds is 6. The van der Waals surface area contributed by atoms with Gasteiger partial charge in [0.15, 0.2) is 0 Å². The lowest BCUT2D eigenvalue weighted by Crippen LogP contribution is -2.28. The predicted molar refractivity (Wildman–Crippen MR) is 219 cm³/mol. The molecule has 0 saturated carbocycles. The molecule has 0 saturated heterocycles. The Hall–Kier alpha value is -6.90. The summed E-state index contributed by atoms with van der Waals surface area (Å²) in [6.45, 7) is 0. The van der Waals surface area contributed by atoms with E-state index in [-0.39, 0.29) is 0 Å². The van der Waals surface area contributed by atoms with Gasteiger partial charge in [-0.05, 0) is 97.1 Å². The largest absolute Gasteiger partial charge is 0.255 e. The van der Waals surface area contributed by atoms with E-state index in [2.05, 4.69) is 181 Å². The number of benzene rings is 7. The summed E-state index contributed by atoms with van der Waals surface area (Å²) >= 11 is 0. The normalized spacial score (nSPS) is 12.7. The Bertz CT molecular complexity index is 2710. The second-order valence-corrected chi connectivity index (χ2v) is 13.7. The van der Waals surface area contributed by atoms with Gasteiger partial charge >= 0.3 is 0 Å². The molecule has 2 aromatic heterocycles. The highest BCUT2D eigenvalue weighted by atomic mass is 14.8. The minimum absolute atomic E-state index is 0.442. The van der Waals surface area contributed by atoms with Crippen molar-refractivity contribution in [1.82, 2.24) is 9.97 Å². The van der Waals surface area contributed by atoms with Gasteiger partial charge in [-0.1, -0.05) is 170 Å². The molecule has 2 heterocycles. The molecule has 10 rings (SSSR count). The average Bonchev–Trinajstić information content (AvgIpc) is 3.55. The van der Waals surface area contributed by atoms with Gasteiger partial charge in [-0.3, -0.25) is 4.98 Å². The summed E-state index contributed by atoms with van der Waals surface area (Å²) in [7, 11) is 0. The van der Waals surface area contributed by atoms with E-state index >= 15 is 0 Å². The minimum Gasteiger partial charge on any atom is -0.255 e. The first-order chi connectivity index (χ1) is 26.3. The van der Waals surface area contributed by atoms with Gasteiger partial charge in [-0.25, -0.2) is 4.98 Å². The van der Waals surface area contributed by atoms with Crippen LogP contribution in [0.25, 0.3) is 66.8 Å². The Kier molecular flexibility index (Phi) is 7.40. The highest BCUT2D eigenvalue weighted by Gasteiger charge is 2.46. The number of hydrogen-bond donors (Lipinski definition) is 0. The fourth-order valence-electron chi connectivity index (χ4n) is 8.49. The standard InChI is InChI=1S/C51H34N2/c1-3-15-38(16-4-1)51(39-17-5-2-6-18-39)46-23-11-9-21-42(46)43-31-30-37(33-47(43)51)41-20-8-7-19-40(41)35-26-28-36(29-27-35)45-34-50(49-25-13-14-32-52-49)53-48-24-12-10-22-44(45)48/h1-34H. The minimum atomic E-state index is -0.442. The molecule has 0 unspecified atom stereocenters. The lowest BCUT2D eigenvalue weighted by molar-refractivity contribution is 0.769. The Morgan fingerprint density at radius 3 is 1.58 bits per heavy atom. The lowest BCUT2D eigenvalue weighted by atomic mass is 9.67. The van der Waals surface area contributed by atoms with Crippen molar-refractivity contribution >= 4 is 10.9 Å². The summed E-state index contributed by atoms with van der Waals surface area (Å²) in [5.74, 6) is 0. The van der Waals surface area contributed by atoms with Gasteiger partial charge in [-0.2, -0.15) is 0 Å². The van der Waals surface area contributed by atoms with E-state index in [1.54, 1.807) is 0 Å². The van der Waals surface area contributed by atoms with Crippen LogP contribution < -0.4 is 0 Å². The molecule has 1 aliphatic carbocycles. The van der Waals surface area contributed by atoms with Crippen LogP contribution >= 0.6 is 0 Å². The van der Waals surface area contributed by atoms with E-state index in [1.807, 2.05) is 30.5 Å². The van der Waals surface area contributed by atoms with Crippen molar-refractivity contribution in [3.05, 3.63) is 229 Å². The summed E-state index contributed by atoms with van der Waals surface area (Å²) in [5, 5.41) is 1.12. The Labute approximate surface area is 309 Å². The predicted octanol–water partition coefficient (Wildman–Crippen LogP) is 12.7. The van der Waals surface area contributed by atoms with Crippen molar-refractivity contribution in [2.75, 3.05) is 0 Å². The summed E-state index contributed by atoms with van der Waals surface area (Å²) in [4.78, 5) is 9.56. The molecule has 2 heteroatoms. The van der Waals surface area contributed by atoms with Crippen LogP contribution in [-0.2, 0) is 5.41 Å². The third kappa shape index (κ3) is 5.03. The molecular weight excluding hydrogens is 641 g/mol. The van der Waals surface area contributed by atoms with Crippen LogP contribution in [0.4, 0.5) is 0 Å². The number of aromatic nitrogens is 2. The summed E-state index contributed by atoms with van der Waals surface area (Å²) in [6, 6.07) is 72.3. The zero-order valence-electron chi connectivity index (χ0n) is 29.0. The molecule has 0 atom stereocenters.